The van der Waals surface area contributed by atoms with Crippen molar-refractivity contribution in [3.05, 3.63) is 90.0 Å². The van der Waals surface area contributed by atoms with Gasteiger partial charge in [-0.1, -0.05) is 43.0 Å². The number of fused-ring (bicyclic) bond motifs is 1. The van der Waals surface area contributed by atoms with Gasteiger partial charge in [-0.2, -0.15) is 0 Å². The zero-order valence-corrected chi connectivity index (χ0v) is 18.0. The van der Waals surface area contributed by atoms with Gasteiger partial charge >= 0.3 is 0 Å². The van der Waals surface area contributed by atoms with E-state index in [9.17, 15) is 13.2 Å². The lowest BCUT2D eigenvalue weighted by atomic mass is 10.0. The summed E-state index contributed by atoms with van der Waals surface area (Å²) in [6.07, 6.45) is 3.50. The molecule has 4 rings (SSSR count). The maximum Gasteiger partial charge on any atom is 0.251 e. The van der Waals surface area contributed by atoms with Gasteiger partial charge in [0.15, 0.2) is 9.84 Å². The van der Waals surface area contributed by atoms with Crippen molar-refractivity contribution in [3.63, 3.8) is 0 Å². The highest BCUT2D eigenvalue weighted by atomic mass is 32.2. The molecule has 1 aliphatic heterocycles. The molecule has 1 aliphatic rings. The Morgan fingerprint density at radius 3 is 2.39 bits per heavy atom. The molecule has 0 saturated carbocycles. The van der Waals surface area contributed by atoms with Crippen LogP contribution in [0.25, 0.3) is 17.2 Å². The van der Waals surface area contributed by atoms with E-state index in [1.165, 1.54) is 6.26 Å². The molecule has 31 heavy (non-hydrogen) atoms. The van der Waals surface area contributed by atoms with Crippen LogP contribution in [0.4, 0.5) is 0 Å². The lowest BCUT2D eigenvalue weighted by Crippen LogP contribution is -2.34. The number of ether oxygens (including phenoxy) is 1. The fourth-order valence-electron chi connectivity index (χ4n) is 3.59. The van der Waals surface area contributed by atoms with Crippen LogP contribution in [0.2, 0.25) is 0 Å². The van der Waals surface area contributed by atoms with Crippen LogP contribution in [-0.4, -0.2) is 33.2 Å². The summed E-state index contributed by atoms with van der Waals surface area (Å²) >= 11 is 0. The van der Waals surface area contributed by atoms with Crippen molar-refractivity contribution in [3.8, 4) is 16.9 Å². The lowest BCUT2D eigenvalue weighted by Gasteiger charge is -2.12. The largest absolute Gasteiger partial charge is 0.488 e. The molecule has 0 spiro atoms. The van der Waals surface area contributed by atoms with Crippen LogP contribution in [0.3, 0.4) is 0 Å². The van der Waals surface area contributed by atoms with Gasteiger partial charge in [-0.3, -0.25) is 4.79 Å². The monoisotopic (exact) mass is 433 g/mol. The number of hydrogen-bond donors (Lipinski definition) is 1. The van der Waals surface area contributed by atoms with Gasteiger partial charge in [0.1, 0.15) is 11.9 Å². The Bertz CT molecular complexity index is 1230. The third kappa shape index (κ3) is 4.70. The van der Waals surface area contributed by atoms with E-state index in [-0.39, 0.29) is 12.0 Å². The summed E-state index contributed by atoms with van der Waals surface area (Å²) in [5.41, 5.74) is 4.57. The van der Waals surface area contributed by atoms with Crippen molar-refractivity contribution in [2.24, 2.45) is 0 Å². The zero-order chi connectivity index (χ0) is 22.0. The molecule has 0 bridgehead atoms. The minimum absolute atomic E-state index is 0.130. The summed E-state index contributed by atoms with van der Waals surface area (Å²) in [6.45, 7) is 4.12. The highest BCUT2D eigenvalue weighted by Gasteiger charge is 2.24. The van der Waals surface area contributed by atoms with Crippen LogP contribution in [0.15, 0.2) is 78.2 Å². The predicted octanol–water partition coefficient (Wildman–Crippen LogP) is 4.13. The highest BCUT2D eigenvalue weighted by molar-refractivity contribution is 7.90. The SMILES string of the molecule is C=Cc1ccc(C(=O)NC[C@H]2Cc3cc(-c4ccc(S(C)(=O)=O)cc4)ccc3O2)cc1. The van der Waals surface area contributed by atoms with E-state index < -0.39 is 9.84 Å². The number of carbonyl (C=O) groups excluding carboxylic acids is 1. The number of rotatable bonds is 6. The molecule has 0 unspecified atom stereocenters. The topological polar surface area (TPSA) is 72.5 Å². The molecule has 0 saturated heterocycles. The van der Waals surface area contributed by atoms with Gasteiger partial charge in [-0.05, 0) is 58.7 Å². The van der Waals surface area contributed by atoms with Gasteiger partial charge in [0.05, 0.1) is 11.4 Å². The molecule has 0 aromatic heterocycles. The fourth-order valence-corrected chi connectivity index (χ4v) is 4.22. The predicted molar refractivity (Wildman–Crippen MR) is 122 cm³/mol. The van der Waals surface area contributed by atoms with Crippen molar-refractivity contribution in [2.75, 3.05) is 12.8 Å². The van der Waals surface area contributed by atoms with Crippen LogP contribution >= 0.6 is 0 Å². The van der Waals surface area contributed by atoms with E-state index in [4.69, 9.17) is 4.74 Å². The summed E-state index contributed by atoms with van der Waals surface area (Å²) in [6, 6.07) is 20.1. The first-order valence-corrected chi connectivity index (χ1v) is 11.8. The van der Waals surface area contributed by atoms with E-state index in [1.807, 2.05) is 36.4 Å². The Balaban J connectivity index is 1.40. The van der Waals surface area contributed by atoms with E-state index in [1.54, 1.807) is 30.3 Å². The summed E-state index contributed by atoms with van der Waals surface area (Å²) in [4.78, 5) is 12.7. The van der Waals surface area contributed by atoms with E-state index in [0.29, 0.717) is 23.4 Å². The molecule has 0 fully saturated rings. The molecule has 5 nitrogen and oxygen atoms in total. The smallest absolute Gasteiger partial charge is 0.251 e. The average molecular weight is 434 g/mol. The maximum atomic E-state index is 12.4. The molecular formula is C25H23NO4S. The second-order valence-corrected chi connectivity index (χ2v) is 9.61. The number of carbonyl (C=O) groups is 1. The van der Waals surface area contributed by atoms with E-state index in [2.05, 4.69) is 18.0 Å². The van der Waals surface area contributed by atoms with Crippen molar-refractivity contribution in [2.45, 2.75) is 17.4 Å². The summed E-state index contributed by atoms with van der Waals surface area (Å²) in [7, 11) is -3.21. The van der Waals surface area contributed by atoms with Gasteiger partial charge < -0.3 is 10.1 Å². The second-order valence-electron chi connectivity index (χ2n) is 7.60. The first-order valence-electron chi connectivity index (χ1n) is 9.94. The minimum atomic E-state index is -3.21. The first-order chi connectivity index (χ1) is 14.8. The van der Waals surface area contributed by atoms with Crippen LogP contribution in [-0.2, 0) is 16.3 Å². The second kappa shape index (κ2) is 8.40. The molecule has 158 valence electrons. The van der Waals surface area contributed by atoms with Crippen molar-refractivity contribution in [1.82, 2.24) is 5.32 Å². The number of nitrogens with one attached hydrogen (secondary N) is 1. The summed E-state index contributed by atoms with van der Waals surface area (Å²) in [5, 5.41) is 2.93. The van der Waals surface area contributed by atoms with Crippen molar-refractivity contribution < 1.29 is 17.9 Å². The molecule has 1 N–H and O–H groups in total. The molecule has 3 aromatic carbocycles. The number of sulfone groups is 1. The third-order valence-electron chi connectivity index (χ3n) is 5.32. The van der Waals surface area contributed by atoms with Crippen molar-refractivity contribution >= 4 is 21.8 Å². The number of amides is 1. The van der Waals surface area contributed by atoms with Crippen LogP contribution in [0.5, 0.6) is 5.75 Å². The summed E-state index contributed by atoms with van der Waals surface area (Å²) < 4.78 is 29.3. The van der Waals surface area contributed by atoms with Crippen molar-refractivity contribution in [1.29, 1.82) is 0 Å². The lowest BCUT2D eigenvalue weighted by molar-refractivity contribution is 0.0933. The molecule has 1 heterocycles. The van der Waals surface area contributed by atoms with E-state index >= 15 is 0 Å². The summed E-state index contributed by atoms with van der Waals surface area (Å²) in [5.74, 6) is 0.674. The van der Waals surface area contributed by atoms with Gasteiger partial charge in [0.25, 0.3) is 5.91 Å². The molecule has 3 aromatic rings. The average Bonchev–Trinajstić information content (AvgIpc) is 3.19. The van der Waals surface area contributed by atoms with Crippen LogP contribution < -0.4 is 10.1 Å². The van der Waals surface area contributed by atoms with Crippen LogP contribution in [0.1, 0.15) is 21.5 Å². The highest BCUT2D eigenvalue weighted by Crippen LogP contribution is 2.33. The van der Waals surface area contributed by atoms with E-state index in [0.717, 1.165) is 28.0 Å². The Hall–Kier alpha value is -3.38. The van der Waals surface area contributed by atoms with Gasteiger partial charge in [-0.15, -0.1) is 0 Å². The molecule has 1 amide bonds. The molecule has 1 atom stereocenters. The molecule has 0 radical (unpaired) electrons. The quantitative estimate of drug-likeness (QED) is 0.634. The number of benzene rings is 3. The Morgan fingerprint density at radius 2 is 1.74 bits per heavy atom. The molecule has 0 aliphatic carbocycles. The minimum Gasteiger partial charge on any atom is -0.488 e. The van der Waals surface area contributed by atoms with Crippen LogP contribution in [0, 0.1) is 0 Å². The van der Waals surface area contributed by atoms with Gasteiger partial charge in [0.2, 0.25) is 0 Å². The fraction of sp³-hybridized carbons (Fsp3) is 0.160. The van der Waals surface area contributed by atoms with Gasteiger partial charge in [-0.25, -0.2) is 8.42 Å². The normalized spacial score (nSPS) is 15.1. The maximum absolute atomic E-state index is 12.4. The molecular weight excluding hydrogens is 410 g/mol. The molecule has 6 heteroatoms. The number of hydrogen-bond acceptors (Lipinski definition) is 4. The standard InChI is InChI=1S/C25H23NO4S/c1-3-17-4-6-19(7-5-17)25(27)26-16-22-15-21-14-20(10-13-24(21)30-22)18-8-11-23(12-9-18)31(2,28)29/h3-14,22H,1,15-16H2,2H3,(H,26,27)/t22-/m1/s1. The Labute approximate surface area is 182 Å². The third-order valence-corrected chi connectivity index (χ3v) is 6.44. The Kier molecular flexibility index (Phi) is 5.65. The zero-order valence-electron chi connectivity index (χ0n) is 17.2. The van der Waals surface area contributed by atoms with Gasteiger partial charge in [0, 0.05) is 18.2 Å². The Morgan fingerprint density at radius 1 is 1.06 bits per heavy atom. The first kappa shape index (κ1) is 20.9.